The van der Waals surface area contributed by atoms with Crippen LogP contribution in [0.15, 0.2) is 42.5 Å². The van der Waals surface area contributed by atoms with E-state index in [0.717, 1.165) is 12.7 Å². The van der Waals surface area contributed by atoms with Crippen LogP contribution in [-0.2, 0) is 19.6 Å². The monoisotopic (exact) mass is 433 g/mol. The lowest BCUT2D eigenvalue weighted by Gasteiger charge is -2.13. The highest BCUT2D eigenvalue weighted by atomic mass is 32.2. The van der Waals surface area contributed by atoms with Gasteiger partial charge in [-0.05, 0) is 49.2 Å². The lowest BCUT2D eigenvalue weighted by Crippen LogP contribution is -2.27. The third-order valence-electron chi connectivity index (χ3n) is 4.37. The molecule has 0 radical (unpaired) electrons. The van der Waals surface area contributed by atoms with E-state index in [2.05, 4.69) is 15.4 Å². The minimum Gasteiger partial charge on any atom is -0.495 e. The van der Waals surface area contributed by atoms with Crippen LogP contribution < -0.4 is 20.1 Å². The molecule has 0 saturated carbocycles. The van der Waals surface area contributed by atoms with Gasteiger partial charge in [0.15, 0.2) is 0 Å². The summed E-state index contributed by atoms with van der Waals surface area (Å²) < 4.78 is 35.9. The Bertz CT molecular complexity index is 1050. The zero-order valence-corrected chi connectivity index (χ0v) is 17.4. The van der Waals surface area contributed by atoms with Crippen LogP contribution in [-0.4, -0.2) is 46.3 Å². The van der Waals surface area contributed by atoms with Crippen molar-refractivity contribution in [2.45, 2.75) is 18.9 Å². The Morgan fingerprint density at radius 3 is 2.53 bits per heavy atom. The minimum atomic E-state index is -3.52. The Hall–Kier alpha value is -3.11. The van der Waals surface area contributed by atoms with Gasteiger partial charge in [0, 0.05) is 23.5 Å². The van der Waals surface area contributed by atoms with E-state index < -0.39 is 22.0 Å². The molecule has 1 aliphatic rings. The van der Waals surface area contributed by atoms with Gasteiger partial charge >= 0.3 is 0 Å². The third-order valence-corrected chi connectivity index (χ3v) is 4.96. The smallest absolute Gasteiger partial charge is 0.255 e. The number of anilines is 3. The summed E-state index contributed by atoms with van der Waals surface area (Å²) in [5.41, 5.74) is 1.39. The van der Waals surface area contributed by atoms with Crippen molar-refractivity contribution in [3.63, 3.8) is 0 Å². The van der Waals surface area contributed by atoms with Crippen molar-refractivity contribution in [3.05, 3.63) is 48.0 Å². The number of amides is 2. The van der Waals surface area contributed by atoms with Crippen LogP contribution in [0, 0.1) is 0 Å². The molecule has 1 aliphatic heterocycles. The molecule has 1 atom stereocenters. The largest absolute Gasteiger partial charge is 0.495 e. The fourth-order valence-corrected chi connectivity index (χ4v) is 3.57. The van der Waals surface area contributed by atoms with Gasteiger partial charge in [-0.2, -0.15) is 0 Å². The van der Waals surface area contributed by atoms with Crippen molar-refractivity contribution in [2.24, 2.45) is 0 Å². The van der Waals surface area contributed by atoms with Gasteiger partial charge in [-0.25, -0.2) is 8.42 Å². The van der Waals surface area contributed by atoms with Crippen molar-refractivity contribution < 1.29 is 27.5 Å². The molecule has 3 N–H and O–H groups in total. The first kappa shape index (κ1) is 21.6. The Morgan fingerprint density at radius 2 is 1.87 bits per heavy atom. The fraction of sp³-hybridized carbons (Fsp3) is 0.300. The van der Waals surface area contributed by atoms with E-state index in [-0.39, 0.29) is 11.6 Å². The number of hydrogen-bond donors (Lipinski definition) is 3. The predicted octanol–water partition coefficient (Wildman–Crippen LogP) is 2.44. The van der Waals surface area contributed by atoms with E-state index >= 15 is 0 Å². The first-order valence-corrected chi connectivity index (χ1v) is 11.1. The van der Waals surface area contributed by atoms with Crippen LogP contribution in [0.4, 0.5) is 17.1 Å². The van der Waals surface area contributed by atoms with Crippen molar-refractivity contribution in [1.29, 1.82) is 0 Å². The summed E-state index contributed by atoms with van der Waals surface area (Å²) in [7, 11) is -2.11. The summed E-state index contributed by atoms with van der Waals surface area (Å²) in [6.45, 7) is 0.568. The molecule has 9 nitrogen and oxygen atoms in total. The Labute approximate surface area is 174 Å². The van der Waals surface area contributed by atoms with Crippen molar-refractivity contribution >= 4 is 38.9 Å². The van der Waals surface area contributed by atoms with E-state index in [9.17, 15) is 18.0 Å². The number of carbonyl (C=O) groups excluding carboxylic acids is 2. The summed E-state index contributed by atoms with van der Waals surface area (Å²) in [6, 6.07) is 11.1. The molecule has 2 aromatic rings. The number of hydrogen-bond acceptors (Lipinski definition) is 6. The maximum Gasteiger partial charge on any atom is 0.255 e. The molecule has 2 aromatic carbocycles. The maximum absolute atomic E-state index is 12.6. The highest BCUT2D eigenvalue weighted by molar-refractivity contribution is 7.92. The summed E-state index contributed by atoms with van der Waals surface area (Å²) >= 11 is 0. The van der Waals surface area contributed by atoms with Crippen LogP contribution in [0.2, 0.25) is 0 Å². The molecule has 0 spiro atoms. The summed E-state index contributed by atoms with van der Waals surface area (Å²) in [6.07, 6.45) is 2.07. The van der Waals surface area contributed by atoms with E-state index in [4.69, 9.17) is 9.47 Å². The summed E-state index contributed by atoms with van der Waals surface area (Å²) in [5, 5.41) is 5.46. The first-order chi connectivity index (χ1) is 14.2. The lowest BCUT2D eigenvalue weighted by atomic mass is 10.1. The van der Waals surface area contributed by atoms with Crippen LogP contribution in [0.1, 0.15) is 23.2 Å². The number of rotatable bonds is 7. The first-order valence-electron chi connectivity index (χ1n) is 9.25. The number of nitrogens with one attached hydrogen (secondary N) is 3. The lowest BCUT2D eigenvalue weighted by molar-refractivity contribution is -0.124. The molecule has 0 aliphatic carbocycles. The van der Waals surface area contributed by atoms with Gasteiger partial charge in [0.25, 0.3) is 11.8 Å². The fourth-order valence-electron chi connectivity index (χ4n) is 3.01. The molecule has 1 fully saturated rings. The van der Waals surface area contributed by atoms with Crippen molar-refractivity contribution in [1.82, 2.24) is 0 Å². The summed E-state index contributed by atoms with van der Waals surface area (Å²) in [5.74, 6) is -0.340. The highest BCUT2D eigenvalue weighted by Gasteiger charge is 2.23. The molecule has 30 heavy (non-hydrogen) atoms. The molecule has 3 rings (SSSR count). The van der Waals surface area contributed by atoms with Gasteiger partial charge in [-0.1, -0.05) is 6.07 Å². The van der Waals surface area contributed by atoms with Crippen LogP contribution in [0.5, 0.6) is 5.75 Å². The zero-order valence-electron chi connectivity index (χ0n) is 16.6. The zero-order chi connectivity index (χ0) is 21.7. The SMILES string of the molecule is COc1ccc(NC(=O)c2cccc(NC(=O)[C@H]3CCCO3)c2)cc1NS(C)(=O)=O. The molecule has 0 aromatic heterocycles. The van der Waals surface area contributed by atoms with Crippen LogP contribution >= 0.6 is 0 Å². The summed E-state index contributed by atoms with van der Waals surface area (Å²) in [4.78, 5) is 24.8. The predicted molar refractivity (Wildman–Crippen MR) is 113 cm³/mol. The quantitative estimate of drug-likeness (QED) is 0.616. The second kappa shape index (κ2) is 9.14. The third kappa shape index (κ3) is 5.71. The van der Waals surface area contributed by atoms with E-state index in [1.807, 2.05) is 0 Å². The molecular formula is C20H23N3O6S. The number of sulfonamides is 1. The molecule has 1 heterocycles. The second-order valence-electron chi connectivity index (χ2n) is 6.82. The average molecular weight is 433 g/mol. The Kier molecular flexibility index (Phi) is 6.58. The Balaban J connectivity index is 1.72. The maximum atomic E-state index is 12.6. The normalized spacial score (nSPS) is 16.0. The standard InChI is InChI=1S/C20H23N3O6S/c1-28-17-9-8-15(12-16(17)23-30(2,26)27)21-19(24)13-5-3-6-14(11-13)22-20(25)18-7-4-10-29-18/h3,5-6,8-9,11-12,18,23H,4,7,10H2,1-2H3,(H,21,24)(H,22,25)/t18-/m1/s1. The molecule has 2 amide bonds. The van der Waals surface area contributed by atoms with Crippen LogP contribution in [0.25, 0.3) is 0 Å². The van der Waals surface area contributed by atoms with Gasteiger partial charge in [-0.15, -0.1) is 0 Å². The van der Waals surface area contributed by atoms with E-state index in [1.165, 1.54) is 13.2 Å². The number of benzene rings is 2. The van der Waals surface area contributed by atoms with E-state index in [0.29, 0.717) is 35.7 Å². The van der Waals surface area contributed by atoms with Gasteiger partial charge in [0.05, 0.1) is 19.1 Å². The average Bonchev–Trinajstić information content (AvgIpc) is 3.22. The molecule has 0 bridgehead atoms. The van der Waals surface area contributed by atoms with Gasteiger partial charge in [-0.3, -0.25) is 14.3 Å². The molecule has 1 saturated heterocycles. The van der Waals surface area contributed by atoms with Crippen molar-refractivity contribution in [2.75, 3.05) is 35.3 Å². The van der Waals surface area contributed by atoms with Crippen LogP contribution in [0.3, 0.4) is 0 Å². The van der Waals surface area contributed by atoms with Gasteiger partial charge in [0.2, 0.25) is 10.0 Å². The second-order valence-corrected chi connectivity index (χ2v) is 8.56. The van der Waals surface area contributed by atoms with Crippen molar-refractivity contribution in [3.8, 4) is 5.75 Å². The number of methoxy groups -OCH3 is 1. The molecule has 160 valence electrons. The van der Waals surface area contributed by atoms with E-state index in [1.54, 1.807) is 36.4 Å². The number of carbonyl (C=O) groups is 2. The molecular weight excluding hydrogens is 410 g/mol. The minimum absolute atomic E-state index is 0.204. The van der Waals surface area contributed by atoms with Gasteiger partial charge in [0.1, 0.15) is 11.9 Å². The topological polar surface area (TPSA) is 123 Å². The Morgan fingerprint density at radius 1 is 1.10 bits per heavy atom. The molecule has 0 unspecified atom stereocenters. The highest BCUT2D eigenvalue weighted by Crippen LogP contribution is 2.29. The van der Waals surface area contributed by atoms with Gasteiger partial charge < -0.3 is 20.1 Å². The number of ether oxygens (including phenoxy) is 2. The molecule has 10 heteroatoms.